The molecule has 2 spiro atoms. The Morgan fingerprint density at radius 2 is 1.62 bits per heavy atom. The zero-order valence-electron chi connectivity index (χ0n) is 14.1. The lowest BCUT2D eigenvalue weighted by atomic mass is 9.44. The second-order valence-corrected chi connectivity index (χ2v) is 7.64. The maximum Gasteiger partial charge on any atom is 0.319 e. The molecule has 128 valence electrons. The summed E-state index contributed by atoms with van der Waals surface area (Å²) in [5, 5.41) is 11.8. The molecule has 0 amide bonds. The highest BCUT2D eigenvalue weighted by atomic mass is 16.6. The smallest absolute Gasteiger partial charge is 0.319 e. The molecule has 2 aliphatic heterocycles. The van der Waals surface area contributed by atoms with Crippen LogP contribution >= 0.6 is 0 Å². The molecule has 1 aliphatic carbocycles. The van der Waals surface area contributed by atoms with Crippen LogP contribution in [-0.2, 0) is 24.7 Å². The lowest BCUT2D eigenvalue weighted by Gasteiger charge is -2.65. The molecular formula is C19H22O5. The molecule has 24 heavy (non-hydrogen) atoms. The van der Waals surface area contributed by atoms with E-state index in [9.17, 15) is 14.7 Å². The van der Waals surface area contributed by atoms with Gasteiger partial charge in [0.2, 0.25) is 0 Å². The Hall–Kier alpha value is -1.88. The van der Waals surface area contributed by atoms with Gasteiger partial charge in [-0.1, -0.05) is 37.3 Å². The molecule has 5 heteroatoms. The summed E-state index contributed by atoms with van der Waals surface area (Å²) in [4.78, 5) is 25.0. The maximum atomic E-state index is 12.7. The van der Waals surface area contributed by atoms with Crippen LogP contribution in [0.3, 0.4) is 0 Å². The van der Waals surface area contributed by atoms with E-state index < -0.39 is 28.5 Å². The standard InChI is InChI=1S/C19H22O5/c1-11-9-17(12(2)23-15(17)20)10-18(13(3)24-16(18)21)19(11,22)14-7-5-4-6-8-14/h4-8,11-13,22H,9-10H2,1-3H3/t11-,12+,13+,17+,18-,19+/m1/s1. The molecule has 3 aliphatic rings. The van der Waals surface area contributed by atoms with Crippen molar-refractivity contribution in [2.45, 2.75) is 51.4 Å². The molecule has 0 bridgehead atoms. The van der Waals surface area contributed by atoms with E-state index in [4.69, 9.17) is 9.47 Å². The Morgan fingerprint density at radius 3 is 2.12 bits per heavy atom. The second kappa shape index (κ2) is 4.60. The Bertz CT molecular complexity index is 716. The van der Waals surface area contributed by atoms with Crippen molar-refractivity contribution in [3.8, 4) is 0 Å². The number of hydrogen-bond donors (Lipinski definition) is 1. The number of carbonyl (C=O) groups is 2. The Morgan fingerprint density at radius 1 is 1.00 bits per heavy atom. The average molecular weight is 330 g/mol. The summed E-state index contributed by atoms with van der Waals surface area (Å²) in [6.07, 6.45) is 0.0799. The molecule has 3 fully saturated rings. The number of cyclic esters (lactones) is 2. The number of esters is 2. The van der Waals surface area contributed by atoms with Gasteiger partial charge in [-0.15, -0.1) is 0 Å². The highest BCUT2D eigenvalue weighted by Gasteiger charge is 2.78. The first-order valence-corrected chi connectivity index (χ1v) is 8.49. The molecule has 1 N–H and O–H groups in total. The van der Waals surface area contributed by atoms with Crippen LogP contribution in [0.4, 0.5) is 0 Å². The fourth-order valence-electron chi connectivity index (χ4n) is 5.19. The van der Waals surface area contributed by atoms with E-state index in [1.165, 1.54) is 0 Å². The summed E-state index contributed by atoms with van der Waals surface area (Å²) < 4.78 is 10.5. The summed E-state index contributed by atoms with van der Waals surface area (Å²) in [6, 6.07) is 9.27. The molecule has 4 rings (SSSR count). The molecule has 0 aromatic heterocycles. The van der Waals surface area contributed by atoms with E-state index in [-0.39, 0.29) is 24.4 Å². The topological polar surface area (TPSA) is 72.8 Å². The highest BCUT2D eigenvalue weighted by molar-refractivity contribution is 5.89. The van der Waals surface area contributed by atoms with Crippen molar-refractivity contribution >= 4 is 11.9 Å². The van der Waals surface area contributed by atoms with Gasteiger partial charge >= 0.3 is 11.9 Å². The number of rotatable bonds is 1. The predicted molar refractivity (Wildman–Crippen MR) is 84.7 cm³/mol. The Kier molecular flexibility index (Phi) is 3.00. The molecular weight excluding hydrogens is 308 g/mol. The zero-order valence-corrected chi connectivity index (χ0v) is 14.1. The quantitative estimate of drug-likeness (QED) is 0.799. The van der Waals surface area contributed by atoms with Crippen LogP contribution in [0.15, 0.2) is 30.3 Å². The van der Waals surface area contributed by atoms with Crippen molar-refractivity contribution < 1.29 is 24.2 Å². The van der Waals surface area contributed by atoms with Crippen molar-refractivity contribution in [1.29, 1.82) is 0 Å². The van der Waals surface area contributed by atoms with E-state index in [1.54, 1.807) is 6.92 Å². The van der Waals surface area contributed by atoms with E-state index in [0.717, 1.165) is 0 Å². The molecule has 1 aromatic rings. The van der Waals surface area contributed by atoms with E-state index in [1.807, 2.05) is 44.2 Å². The van der Waals surface area contributed by atoms with Gasteiger partial charge in [0.1, 0.15) is 28.6 Å². The van der Waals surface area contributed by atoms with Crippen molar-refractivity contribution in [2.75, 3.05) is 0 Å². The van der Waals surface area contributed by atoms with E-state index in [2.05, 4.69) is 0 Å². The minimum absolute atomic E-state index is 0.245. The minimum atomic E-state index is -1.36. The Labute approximate surface area is 141 Å². The highest BCUT2D eigenvalue weighted by Crippen LogP contribution is 2.67. The molecule has 6 atom stereocenters. The van der Waals surface area contributed by atoms with Gasteiger partial charge in [-0.2, -0.15) is 0 Å². The molecule has 1 aromatic carbocycles. The number of ether oxygens (including phenoxy) is 2. The first kappa shape index (κ1) is 15.6. The SMILES string of the molecule is C[C@@H]1OC(=O)[C@]12C[C@@H](C)[C@](O)(c1ccccc1)[C@@]1(C2)C(=O)O[C@H]1C. The van der Waals surface area contributed by atoms with Gasteiger partial charge in [0.05, 0.1) is 0 Å². The summed E-state index contributed by atoms with van der Waals surface area (Å²) in [5.41, 5.74) is -2.46. The molecule has 0 unspecified atom stereocenters. The Balaban J connectivity index is 1.89. The van der Waals surface area contributed by atoms with E-state index >= 15 is 0 Å². The molecule has 2 saturated heterocycles. The first-order chi connectivity index (χ1) is 11.3. The van der Waals surface area contributed by atoms with Crippen LogP contribution in [0.5, 0.6) is 0 Å². The van der Waals surface area contributed by atoms with Crippen LogP contribution in [0, 0.1) is 16.7 Å². The first-order valence-electron chi connectivity index (χ1n) is 8.49. The molecule has 5 nitrogen and oxygen atoms in total. The van der Waals surface area contributed by atoms with Gasteiger partial charge in [0.25, 0.3) is 0 Å². The van der Waals surface area contributed by atoms with Gasteiger partial charge in [0.15, 0.2) is 0 Å². The summed E-state index contributed by atoms with van der Waals surface area (Å²) >= 11 is 0. The third kappa shape index (κ3) is 1.50. The van der Waals surface area contributed by atoms with Crippen molar-refractivity contribution in [3.63, 3.8) is 0 Å². The lowest BCUT2D eigenvalue weighted by Crippen LogP contribution is -2.75. The molecule has 1 saturated carbocycles. The van der Waals surface area contributed by atoms with Crippen LogP contribution in [0.2, 0.25) is 0 Å². The lowest BCUT2D eigenvalue weighted by molar-refractivity contribution is -0.302. The third-order valence-electron chi connectivity index (χ3n) is 6.68. The normalized spacial score (nSPS) is 46.9. The van der Waals surface area contributed by atoms with Crippen LogP contribution < -0.4 is 0 Å². The number of carbonyl (C=O) groups excluding carboxylic acids is 2. The largest absolute Gasteiger partial charge is 0.461 e. The molecule has 0 radical (unpaired) electrons. The zero-order chi connectivity index (χ0) is 17.3. The summed E-state index contributed by atoms with van der Waals surface area (Å²) in [5.74, 6) is -0.957. The van der Waals surface area contributed by atoms with Crippen molar-refractivity contribution in [3.05, 3.63) is 35.9 Å². The second-order valence-electron chi connectivity index (χ2n) is 7.64. The van der Waals surface area contributed by atoms with E-state index in [0.29, 0.717) is 12.0 Å². The van der Waals surface area contributed by atoms with Gasteiger partial charge in [0, 0.05) is 0 Å². The predicted octanol–water partition coefficient (Wildman–Crippen LogP) is 2.17. The monoisotopic (exact) mass is 330 g/mol. The number of aliphatic hydroxyl groups is 1. The van der Waals surface area contributed by atoms with Gasteiger partial charge in [-0.05, 0) is 38.2 Å². The number of benzene rings is 1. The summed E-state index contributed by atoms with van der Waals surface area (Å²) in [7, 11) is 0. The van der Waals surface area contributed by atoms with Gasteiger partial charge < -0.3 is 14.6 Å². The van der Waals surface area contributed by atoms with Crippen molar-refractivity contribution in [2.24, 2.45) is 16.7 Å². The third-order valence-corrected chi connectivity index (χ3v) is 6.68. The van der Waals surface area contributed by atoms with Crippen LogP contribution in [0.1, 0.15) is 39.2 Å². The maximum absolute atomic E-state index is 12.7. The fourth-order valence-corrected chi connectivity index (χ4v) is 5.19. The fraction of sp³-hybridized carbons (Fsp3) is 0.579. The summed E-state index contributed by atoms with van der Waals surface area (Å²) in [6.45, 7) is 5.57. The van der Waals surface area contributed by atoms with Gasteiger partial charge in [-0.3, -0.25) is 9.59 Å². The average Bonchev–Trinajstić information content (AvgIpc) is 2.58. The van der Waals surface area contributed by atoms with Crippen LogP contribution in [-0.4, -0.2) is 29.3 Å². The van der Waals surface area contributed by atoms with Crippen molar-refractivity contribution in [1.82, 2.24) is 0 Å². The van der Waals surface area contributed by atoms with Crippen LogP contribution in [0.25, 0.3) is 0 Å². The molecule has 2 heterocycles. The number of hydrogen-bond acceptors (Lipinski definition) is 5. The minimum Gasteiger partial charge on any atom is -0.461 e. The van der Waals surface area contributed by atoms with Gasteiger partial charge in [-0.25, -0.2) is 0 Å².